The Hall–Kier alpha value is -1.97. The van der Waals surface area contributed by atoms with Gasteiger partial charge in [-0.2, -0.15) is 0 Å². The molecule has 1 heterocycles. The Bertz CT molecular complexity index is 594. The van der Waals surface area contributed by atoms with Crippen molar-refractivity contribution in [3.63, 3.8) is 0 Å². The van der Waals surface area contributed by atoms with Crippen molar-refractivity contribution in [1.82, 2.24) is 5.32 Å². The second-order valence-corrected chi connectivity index (χ2v) is 6.44. The Morgan fingerprint density at radius 3 is 2.86 bits per heavy atom. The lowest BCUT2D eigenvalue weighted by Gasteiger charge is -2.36. The molecular formula is C18H25N3O. The molecule has 22 heavy (non-hydrogen) atoms. The van der Waals surface area contributed by atoms with Gasteiger partial charge in [0, 0.05) is 17.9 Å². The smallest absolute Gasteiger partial charge is 0.116 e. The van der Waals surface area contributed by atoms with Gasteiger partial charge in [-0.05, 0) is 55.5 Å². The number of benzene rings is 1. The van der Waals surface area contributed by atoms with E-state index in [4.69, 9.17) is 0 Å². The minimum atomic E-state index is 0.307. The van der Waals surface area contributed by atoms with Gasteiger partial charge in [0.15, 0.2) is 0 Å². The highest BCUT2D eigenvalue weighted by Crippen LogP contribution is 2.29. The monoisotopic (exact) mass is 299 g/mol. The molecule has 1 aliphatic heterocycles. The molecule has 1 aromatic carbocycles. The lowest BCUT2D eigenvalue weighted by atomic mass is 9.86. The number of aryl methyl sites for hydroxylation is 1. The molecule has 0 spiro atoms. The van der Waals surface area contributed by atoms with Crippen LogP contribution in [0.2, 0.25) is 0 Å². The Kier molecular flexibility index (Phi) is 4.36. The molecule has 2 aliphatic rings. The third-order valence-electron chi connectivity index (χ3n) is 4.77. The minimum absolute atomic E-state index is 0.307. The van der Waals surface area contributed by atoms with Crippen LogP contribution in [0.25, 0.3) is 0 Å². The van der Waals surface area contributed by atoms with Crippen molar-refractivity contribution in [3.8, 4) is 5.75 Å². The van der Waals surface area contributed by atoms with Crippen LogP contribution >= 0.6 is 0 Å². The summed E-state index contributed by atoms with van der Waals surface area (Å²) < 4.78 is 0. The number of nitrogens with one attached hydrogen (secondary N) is 1. The zero-order chi connectivity index (χ0) is 15.5. The summed E-state index contributed by atoms with van der Waals surface area (Å²) in [7, 11) is 0. The van der Waals surface area contributed by atoms with Crippen LogP contribution in [-0.4, -0.2) is 24.0 Å². The van der Waals surface area contributed by atoms with Gasteiger partial charge < -0.3 is 15.3 Å². The number of allylic oxidation sites excluding steroid dienone is 1. The molecule has 4 nitrogen and oxygen atoms in total. The van der Waals surface area contributed by atoms with Crippen molar-refractivity contribution < 1.29 is 5.11 Å². The molecule has 0 aromatic heterocycles. The van der Waals surface area contributed by atoms with Crippen LogP contribution in [-0.2, 0) is 0 Å². The Balaban J connectivity index is 1.81. The fourth-order valence-electron chi connectivity index (χ4n) is 3.41. The van der Waals surface area contributed by atoms with Gasteiger partial charge in [0.2, 0.25) is 0 Å². The van der Waals surface area contributed by atoms with Crippen LogP contribution in [0, 0.1) is 12.8 Å². The molecule has 1 aliphatic carbocycles. The highest BCUT2D eigenvalue weighted by molar-refractivity contribution is 5.76. The lowest BCUT2D eigenvalue weighted by molar-refractivity contribution is 0.294. The molecule has 0 saturated heterocycles. The average molecular weight is 299 g/mol. The third-order valence-corrected chi connectivity index (χ3v) is 4.77. The van der Waals surface area contributed by atoms with Crippen LogP contribution in [0.1, 0.15) is 38.2 Å². The molecular weight excluding hydrogens is 274 g/mol. The molecule has 0 amide bonds. The number of aromatic hydroxyl groups is 1. The topological polar surface area (TPSA) is 47.9 Å². The maximum absolute atomic E-state index is 9.62. The summed E-state index contributed by atoms with van der Waals surface area (Å²) in [6.45, 7) is 4.98. The number of hydrogen-bond donors (Lipinski definition) is 2. The first-order chi connectivity index (χ1) is 10.6. The van der Waals surface area contributed by atoms with Gasteiger partial charge >= 0.3 is 0 Å². The van der Waals surface area contributed by atoms with E-state index in [1.54, 1.807) is 12.1 Å². The SMILES string of the molecule is Cc1cc(O)ccc1N1CN=CC=C1NC1CCCCC1C. The first-order valence-corrected chi connectivity index (χ1v) is 8.19. The van der Waals surface area contributed by atoms with E-state index in [0.29, 0.717) is 24.4 Å². The normalized spacial score (nSPS) is 25.0. The largest absolute Gasteiger partial charge is 0.508 e. The molecule has 1 fully saturated rings. The van der Waals surface area contributed by atoms with Crippen LogP contribution in [0.4, 0.5) is 5.69 Å². The maximum atomic E-state index is 9.62. The number of anilines is 1. The fourth-order valence-corrected chi connectivity index (χ4v) is 3.41. The van der Waals surface area contributed by atoms with Gasteiger partial charge in [-0.3, -0.25) is 4.99 Å². The van der Waals surface area contributed by atoms with Crippen molar-refractivity contribution in [2.24, 2.45) is 10.9 Å². The summed E-state index contributed by atoms with van der Waals surface area (Å²) in [6, 6.07) is 6.04. The summed E-state index contributed by atoms with van der Waals surface area (Å²) in [5.41, 5.74) is 2.15. The molecule has 4 heteroatoms. The van der Waals surface area contributed by atoms with Crippen LogP contribution in [0.3, 0.4) is 0 Å². The Morgan fingerprint density at radius 1 is 1.27 bits per heavy atom. The van der Waals surface area contributed by atoms with Crippen LogP contribution in [0.5, 0.6) is 5.75 Å². The summed E-state index contributed by atoms with van der Waals surface area (Å²) in [5.74, 6) is 2.12. The Labute approximate surface area is 132 Å². The third kappa shape index (κ3) is 3.11. The lowest BCUT2D eigenvalue weighted by Crippen LogP contribution is -2.43. The van der Waals surface area contributed by atoms with Crippen molar-refractivity contribution >= 4 is 11.9 Å². The average Bonchev–Trinajstić information content (AvgIpc) is 2.51. The maximum Gasteiger partial charge on any atom is 0.116 e. The van der Waals surface area contributed by atoms with Gasteiger partial charge in [-0.15, -0.1) is 0 Å². The van der Waals surface area contributed by atoms with E-state index in [2.05, 4.69) is 28.2 Å². The van der Waals surface area contributed by atoms with Crippen LogP contribution in [0.15, 0.2) is 35.1 Å². The number of aliphatic imine (C=N–C) groups is 1. The summed E-state index contributed by atoms with van der Waals surface area (Å²) >= 11 is 0. The Morgan fingerprint density at radius 2 is 2.09 bits per heavy atom. The van der Waals surface area contributed by atoms with E-state index < -0.39 is 0 Å². The highest BCUT2D eigenvalue weighted by atomic mass is 16.3. The second-order valence-electron chi connectivity index (χ2n) is 6.44. The number of phenolic OH excluding ortho intramolecular Hbond substituents is 1. The zero-order valence-electron chi connectivity index (χ0n) is 13.4. The predicted octanol–water partition coefficient (Wildman–Crippen LogP) is 3.56. The fraction of sp³-hybridized carbons (Fsp3) is 0.500. The van der Waals surface area contributed by atoms with E-state index in [1.165, 1.54) is 25.7 Å². The molecule has 0 radical (unpaired) electrons. The molecule has 2 unspecified atom stereocenters. The summed E-state index contributed by atoms with van der Waals surface area (Å²) in [5, 5.41) is 13.4. The number of phenols is 1. The molecule has 1 saturated carbocycles. The van der Waals surface area contributed by atoms with Crippen molar-refractivity contribution in [1.29, 1.82) is 0 Å². The number of hydrogen-bond acceptors (Lipinski definition) is 4. The van der Waals surface area contributed by atoms with Gasteiger partial charge in [0.1, 0.15) is 18.2 Å². The molecule has 0 bridgehead atoms. The zero-order valence-corrected chi connectivity index (χ0v) is 13.4. The number of nitrogens with zero attached hydrogens (tertiary/aromatic N) is 2. The minimum Gasteiger partial charge on any atom is -0.508 e. The van der Waals surface area contributed by atoms with E-state index in [1.807, 2.05) is 19.2 Å². The summed E-state index contributed by atoms with van der Waals surface area (Å²) in [4.78, 5) is 6.57. The molecule has 2 N–H and O–H groups in total. The van der Waals surface area contributed by atoms with Gasteiger partial charge in [-0.1, -0.05) is 19.8 Å². The highest BCUT2D eigenvalue weighted by Gasteiger charge is 2.24. The molecule has 2 atom stereocenters. The van der Waals surface area contributed by atoms with E-state index in [9.17, 15) is 5.11 Å². The van der Waals surface area contributed by atoms with E-state index in [-0.39, 0.29) is 0 Å². The molecule has 3 rings (SSSR count). The molecule has 1 aromatic rings. The van der Waals surface area contributed by atoms with E-state index in [0.717, 1.165) is 17.1 Å². The quantitative estimate of drug-likeness (QED) is 0.897. The number of rotatable bonds is 3. The van der Waals surface area contributed by atoms with Gasteiger partial charge in [0.25, 0.3) is 0 Å². The van der Waals surface area contributed by atoms with Crippen molar-refractivity contribution in [2.45, 2.75) is 45.6 Å². The predicted molar refractivity (Wildman–Crippen MR) is 91.3 cm³/mol. The second kappa shape index (κ2) is 6.42. The molecule has 118 valence electrons. The van der Waals surface area contributed by atoms with Gasteiger partial charge in [0.05, 0.1) is 0 Å². The first-order valence-electron chi connectivity index (χ1n) is 8.19. The van der Waals surface area contributed by atoms with Crippen molar-refractivity contribution in [2.75, 3.05) is 11.6 Å². The van der Waals surface area contributed by atoms with Crippen molar-refractivity contribution in [3.05, 3.63) is 35.7 Å². The van der Waals surface area contributed by atoms with E-state index >= 15 is 0 Å². The standard InChI is InChI=1S/C18H25N3O/c1-13-5-3-4-6-16(13)20-18-9-10-19-12-21(18)17-8-7-15(22)11-14(17)2/h7-11,13,16,20,22H,3-6,12H2,1-2H3. The van der Waals surface area contributed by atoms with Crippen LogP contribution < -0.4 is 10.2 Å². The first kappa shape index (κ1) is 14.9. The van der Waals surface area contributed by atoms with Gasteiger partial charge in [-0.25, -0.2) is 0 Å². The summed E-state index contributed by atoms with van der Waals surface area (Å²) in [6.07, 6.45) is 9.12.